The fourth-order valence-electron chi connectivity index (χ4n) is 3.93. The normalized spacial score (nSPS) is 19.8. The minimum Gasteiger partial charge on any atom is -0.379 e. The van der Waals surface area contributed by atoms with Crippen molar-refractivity contribution < 1.29 is 14.1 Å². The summed E-state index contributed by atoms with van der Waals surface area (Å²) in [6, 6.07) is 10.2. The molecule has 1 unspecified atom stereocenters. The number of amides is 2. The van der Waals surface area contributed by atoms with Gasteiger partial charge in [-0.25, -0.2) is 4.79 Å². The molecule has 2 aliphatic rings. The summed E-state index contributed by atoms with van der Waals surface area (Å²) >= 11 is 0. The van der Waals surface area contributed by atoms with Gasteiger partial charge < -0.3 is 19.5 Å². The van der Waals surface area contributed by atoms with E-state index in [1.807, 2.05) is 35.2 Å². The van der Waals surface area contributed by atoms with Gasteiger partial charge >= 0.3 is 6.03 Å². The molecule has 0 bridgehead atoms. The summed E-state index contributed by atoms with van der Waals surface area (Å²) in [6.45, 7) is 7.60. The third kappa shape index (κ3) is 4.94. The number of urea groups is 1. The summed E-state index contributed by atoms with van der Waals surface area (Å²) in [5.74, 6) is 1.50. The Hall–Kier alpha value is -2.45. The van der Waals surface area contributed by atoms with Gasteiger partial charge in [-0.1, -0.05) is 35.5 Å². The van der Waals surface area contributed by atoms with Crippen LogP contribution in [-0.4, -0.2) is 78.0 Å². The summed E-state index contributed by atoms with van der Waals surface area (Å²) < 4.78 is 10.9. The first-order valence-electron chi connectivity index (χ1n) is 10.4. The summed E-state index contributed by atoms with van der Waals surface area (Å²) in [4.78, 5) is 21.4. The maximum atomic E-state index is 12.5. The molecule has 29 heavy (non-hydrogen) atoms. The maximum Gasteiger partial charge on any atom is 0.317 e. The molecule has 2 aliphatic heterocycles. The average molecular weight is 399 g/mol. The number of nitrogens with one attached hydrogen (secondary N) is 1. The van der Waals surface area contributed by atoms with E-state index >= 15 is 0 Å². The highest BCUT2D eigenvalue weighted by atomic mass is 16.5. The number of rotatable bonds is 5. The van der Waals surface area contributed by atoms with Crippen molar-refractivity contribution in [3.05, 3.63) is 36.2 Å². The molecule has 1 aromatic carbocycles. The number of hydrogen-bond acceptors (Lipinski definition) is 6. The number of aromatic nitrogens is 2. The second kappa shape index (κ2) is 9.37. The Morgan fingerprint density at radius 1 is 1.17 bits per heavy atom. The second-order valence-corrected chi connectivity index (χ2v) is 7.77. The quantitative estimate of drug-likeness (QED) is 0.831. The second-order valence-electron chi connectivity index (χ2n) is 7.77. The number of carbonyl (C=O) groups excluding carboxylic acids is 1. The number of benzene rings is 1. The van der Waals surface area contributed by atoms with Crippen LogP contribution in [0.4, 0.5) is 4.79 Å². The number of hydrogen-bond donors (Lipinski definition) is 1. The van der Waals surface area contributed by atoms with Gasteiger partial charge in [-0.05, 0) is 19.8 Å². The number of piperidine rings is 1. The molecule has 0 aliphatic carbocycles. The Labute approximate surface area is 171 Å². The topological polar surface area (TPSA) is 83.7 Å². The maximum absolute atomic E-state index is 12.5. The molecule has 156 valence electrons. The number of carbonyl (C=O) groups is 1. The van der Waals surface area contributed by atoms with Crippen molar-refractivity contribution in [2.24, 2.45) is 0 Å². The highest BCUT2D eigenvalue weighted by Crippen LogP contribution is 2.28. The van der Waals surface area contributed by atoms with E-state index in [0.717, 1.165) is 44.7 Å². The van der Waals surface area contributed by atoms with Crippen molar-refractivity contribution >= 4 is 6.03 Å². The Kier molecular flexibility index (Phi) is 6.41. The first kappa shape index (κ1) is 19.8. The highest BCUT2D eigenvalue weighted by Gasteiger charge is 2.28. The molecule has 2 amide bonds. The molecule has 2 fully saturated rings. The monoisotopic (exact) mass is 399 g/mol. The lowest BCUT2D eigenvalue weighted by atomic mass is 9.97. The van der Waals surface area contributed by atoms with Crippen LogP contribution >= 0.6 is 0 Å². The largest absolute Gasteiger partial charge is 0.379 e. The average Bonchev–Trinajstić information content (AvgIpc) is 3.29. The predicted molar refractivity (Wildman–Crippen MR) is 109 cm³/mol. The molecule has 4 rings (SSSR count). The van der Waals surface area contributed by atoms with Gasteiger partial charge in [-0.3, -0.25) is 4.90 Å². The van der Waals surface area contributed by atoms with Crippen molar-refractivity contribution in [3.8, 4) is 11.4 Å². The van der Waals surface area contributed by atoms with Crippen LogP contribution < -0.4 is 5.32 Å². The molecule has 1 N–H and O–H groups in total. The molecule has 8 heteroatoms. The third-order valence-electron chi connectivity index (χ3n) is 5.82. The van der Waals surface area contributed by atoms with Crippen molar-refractivity contribution in [2.45, 2.75) is 31.7 Å². The van der Waals surface area contributed by atoms with Gasteiger partial charge in [0.2, 0.25) is 11.7 Å². The van der Waals surface area contributed by atoms with E-state index in [9.17, 15) is 4.79 Å². The van der Waals surface area contributed by atoms with Crippen LogP contribution in [-0.2, 0) is 4.74 Å². The fraction of sp³-hybridized carbons (Fsp3) is 0.571. The summed E-state index contributed by atoms with van der Waals surface area (Å²) in [7, 11) is 0. The standard InChI is InChI=1S/C21H29N5O3/c1-16(25-11-13-28-14-12-25)15-22-21(27)26-9-7-18(8-10-26)20-23-19(24-29-20)17-5-3-2-4-6-17/h2-6,16,18H,7-15H2,1H3,(H,22,27). The molecular weight excluding hydrogens is 370 g/mol. The number of nitrogens with zero attached hydrogens (tertiary/aromatic N) is 4. The third-order valence-corrected chi connectivity index (χ3v) is 5.82. The van der Waals surface area contributed by atoms with Gasteiger partial charge in [0.05, 0.1) is 13.2 Å². The molecule has 1 aromatic heterocycles. The zero-order valence-electron chi connectivity index (χ0n) is 16.9. The van der Waals surface area contributed by atoms with E-state index in [1.54, 1.807) is 0 Å². The zero-order chi connectivity index (χ0) is 20.1. The molecule has 0 spiro atoms. The van der Waals surface area contributed by atoms with Gasteiger partial charge in [0, 0.05) is 50.2 Å². The van der Waals surface area contributed by atoms with Gasteiger partial charge in [0.25, 0.3) is 0 Å². The van der Waals surface area contributed by atoms with Crippen LogP contribution in [0, 0.1) is 0 Å². The van der Waals surface area contributed by atoms with Crippen molar-refractivity contribution in [3.63, 3.8) is 0 Å². The molecule has 0 saturated carbocycles. The van der Waals surface area contributed by atoms with Crippen LogP contribution in [0.3, 0.4) is 0 Å². The molecule has 8 nitrogen and oxygen atoms in total. The highest BCUT2D eigenvalue weighted by molar-refractivity contribution is 5.74. The molecule has 2 saturated heterocycles. The van der Waals surface area contributed by atoms with E-state index in [4.69, 9.17) is 9.26 Å². The molecule has 2 aromatic rings. The van der Waals surface area contributed by atoms with Crippen molar-refractivity contribution in [1.29, 1.82) is 0 Å². The Morgan fingerprint density at radius 2 is 1.90 bits per heavy atom. The van der Waals surface area contributed by atoms with Crippen LogP contribution in [0.15, 0.2) is 34.9 Å². The number of ether oxygens (including phenoxy) is 1. The van der Waals surface area contributed by atoms with E-state index in [0.29, 0.717) is 37.4 Å². The Balaban J connectivity index is 1.24. The molecule has 1 atom stereocenters. The van der Waals surface area contributed by atoms with Crippen LogP contribution in [0.1, 0.15) is 31.6 Å². The number of likely N-dealkylation sites (tertiary alicyclic amines) is 1. The number of morpholine rings is 1. The molecular formula is C21H29N5O3. The fourth-order valence-corrected chi connectivity index (χ4v) is 3.93. The Bertz CT molecular complexity index is 783. The lowest BCUT2D eigenvalue weighted by Crippen LogP contribution is -2.50. The van der Waals surface area contributed by atoms with E-state index in [2.05, 4.69) is 27.3 Å². The van der Waals surface area contributed by atoms with Crippen LogP contribution in [0.2, 0.25) is 0 Å². The summed E-state index contributed by atoms with van der Waals surface area (Å²) in [6.07, 6.45) is 1.67. The van der Waals surface area contributed by atoms with Gasteiger partial charge in [0.15, 0.2) is 0 Å². The zero-order valence-corrected chi connectivity index (χ0v) is 16.9. The van der Waals surface area contributed by atoms with Crippen LogP contribution in [0.25, 0.3) is 11.4 Å². The lowest BCUT2D eigenvalue weighted by Gasteiger charge is -2.34. The lowest BCUT2D eigenvalue weighted by molar-refractivity contribution is 0.0206. The first-order chi connectivity index (χ1) is 14.2. The summed E-state index contributed by atoms with van der Waals surface area (Å²) in [5.41, 5.74) is 0.953. The minimum absolute atomic E-state index is 0.0130. The first-order valence-corrected chi connectivity index (χ1v) is 10.4. The smallest absolute Gasteiger partial charge is 0.317 e. The summed E-state index contributed by atoms with van der Waals surface area (Å²) in [5, 5.41) is 7.20. The Morgan fingerprint density at radius 3 is 2.62 bits per heavy atom. The van der Waals surface area contributed by atoms with E-state index in [-0.39, 0.29) is 11.9 Å². The minimum atomic E-state index is 0.0130. The van der Waals surface area contributed by atoms with Crippen molar-refractivity contribution in [1.82, 2.24) is 25.3 Å². The van der Waals surface area contributed by atoms with Gasteiger partial charge in [-0.2, -0.15) is 4.98 Å². The van der Waals surface area contributed by atoms with E-state index < -0.39 is 0 Å². The predicted octanol–water partition coefficient (Wildman–Crippen LogP) is 2.35. The van der Waals surface area contributed by atoms with E-state index in [1.165, 1.54) is 0 Å². The molecule has 3 heterocycles. The SMILES string of the molecule is CC(CNC(=O)N1CCC(c2nc(-c3ccccc3)no2)CC1)N1CCOCC1. The van der Waals surface area contributed by atoms with Gasteiger partial charge in [-0.15, -0.1) is 0 Å². The van der Waals surface area contributed by atoms with Crippen molar-refractivity contribution in [2.75, 3.05) is 45.9 Å². The van der Waals surface area contributed by atoms with Gasteiger partial charge in [0.1, 0.15) is 0 Å². The molecule has 0 radical (unpaired) electrons. The van der Waals surface area contributed by atoms with Crippen LogP contribution in [0.5, 0.6) is 0 Å².